The van der Waals surface area contributed by atoms with E-state index in [2.05, 4.69) is 13.8 Å². The molecule has 0 spiro atoms. The Morgan fingerprint density at radius 3 is 2.36 bits per heavy atom. The van der Waals surface area contributed by atoms with Crippen LogP contribution < -0.4 is 10.5 Å². The Morgan fingerprint density at radius 2 is 1.80 bits per heavy atom. The van der Waals surface area contributed by atoms with Gasteiger partial charge >= 0.3 is 0 Å². The minimum absolute atomic E-state index is 0.0798. The second-order valence-electron chi connectivity index (χ2n) is 6.74. The molecular weight excluding hydrogens is 332 g/mol. The highest BCUT2D eigenvalue weighted by molar-refractivity contribution is 5.23. The molecule has 4 unspecified atom stereocenters. The molecule has 1 aromatic carbocycles. The minimum atomic E-state index is -0.695. The first-order valence-electron chi connectivity index (χ1n) is 8.59. The predicted octanol–water partition coefficient (Wildman–Crippen LogP) is 3.35. The second kappa shape index (κ2) is 8.40. The van der Waals surface area contributed by atoms with Gasteiger partial charge in [-0.15, -0.1) is 0 Å². The summed E-state index contributed by atoms with van der Waals surface area (Å²) in [5, 5.41) is 0. The van der Waals surface area contributed by atoms with Gasteiger partial charge in [0.2, 0.25) is 0 Å². The van der Waals surface area contributed by atoms with Crippen LogP contribution in [0, 0.1) is 11.6 Å². The number of rotatable bonds is 4. The van der Waals surface area contributed by atoms with Crippen LogP contribution in [0.2, 0.25) is 0 Å². The van der Waals surface area contributed by atoms with Gasteiger partial charge in [-0.1, -0.05) is 20.3 Å². The summed E-state index contributed by atoms with van der Waals surface area (Å²) in [6.07, 6.45) is 0.968. The van der Waals surface area contributed by atoms with Gasteiger partial charge in [0.15, 0.2) is 12.1 Å². The monoisotopic (exact) mass is 359 g/mol. The van der Waals surface area contributed by atoms with Gasteiger partial charge in [0.25, 0.3) is 0 Å². The number of halogens is 2. The van der Waals surface area contributed by atoms with Crippen molar-refractivity contribution >= 4 is 0 Å². The smallest absolute Gasteiger partial charge is 0.187 e. The number of hydrogen-bond donors (Lipinski definition) is 1. The van der Waals surface area contributed by atoms with E-state index < -0.39 is 29.8 Å². The van der Waals surface area contributed by atoms with E-state index in [0.717, 1.165) is 18.2 Å². The van der Waals surface area contributed by atoms with E-state index >= 15 is 0 Å². The summed E-state index contributed by atoms with van der Waals surface area (Å²) in [6.45, 7) is 7.98. The Kier molecular flexibility index (Phi) is 6.73. The van der Waals surface area contributed by atoms with E-state index in [9.17, 15) is 8.78 Å². The van der Waals surface area contributed by atoms with Crippen molar-refractivity contribution in [3.05, 3.63) is 29.8 Å². The zero-order valence-corrected chi connectivity index (χ0v) is 15.1. The Hall–Kier alpha value is -1.28. The SMILES string of the molecule is CC1(C)OC2CC(C(N)COc3cc(F)cc(F)c3)OC2O1.CCC. The fraction of sp³-hybridized carbons (Fsp3) is 0.667. The highest BCUT2D eigenvalue weighted by Crippen LogP contribution is 2.37. The lowest BCUT2D eigenvalue weighted by molar-refractivity contribution is -0.207. The molecule has 2 aliphatic rings. The maximum absolute atomic E-state index is 13.1. The van der Waals surface area contributed by atoms with Crippen LogP contribution in [0.3, 0.4) is 0 Å². The van der Waals surface area contributed by atoms with Gasteiger partial charge in [-0.2, -0.15) is 0 Å². The van der Waals surface area contributed by atoms with Gasteiger partial charge in [-0.3, -0.25) is 0 Å². The van der Waals surface area contributed by atoms with Crippen molar-refractivity contribution < 1.29 is 27.7 Å². The molecule has 0 saturated carbocycles. The summed E-state index contributed by atoms with van der Waals surface area (Å²) < 4.78 is 48.5. The zero-order chi connectivity index (χ0) is 18.6. The molecule has 4 atom stereocenters. The third-order valence-corrected chi connectivity index (χ3v) is 3.67. The molecule has 2 saturated heterocycles. The highest BCUT2D eigenvalue weighted by atomic mass is 19.1. The maximum atomic E-state index is 13.1. The summed E-state index contributed by atoms with van der Waals surface area (Å²) in [6, 6.07) is 2.54. The maximum Gasteiger partial charge on any atom is 0.187 e. The molecular formula is C18H27F2NO4. The quantitative estimate of drug-likeness (QED) is 0.893. The van der Waals surface area contributed by atoms with Crippen molar-refractivity contribution in [2.75, 3.05) is 6.61 Å². The number of fused-ring (bicyclic) bond motifs is 1. The molecule has 3 rings (SSSR count). The van der Waals surface area contributed by atoms with Crippen molar-refractivity contribution in [2.45, 2.75) is 70.9 Å². The lowest BCUT2D eigenvalue weighted by atomic mass is 10.1. The standard InChI is InChI=1S/C15H19F2NO4.C3H8/c1-15(2)21-13-6-12(20-14(13)22-15)11(18)7-19-10-4-8(16)3-9(17)5-10;1-3-2/h3-5,11-14H,6-7,18H2,1-2H3;3H2,1-2H3. The van der Waals surface area contributed by atoms with Crippen molar-refractivity contribution in [3.63, 3.8) is 0 Å². The van der Waals surface area contributed by atoms with E-state index in [1.54, 1.807) is 0 Å². The molecule has 142 valence electrons. The van der Waals surface area contributed by atoms with E-state index in [0.29, 0.717) is 6.42 Å². The summed E-state index contributed by atoms with van der Waals surface area (Å²) >= 11 is 0. The summed E-state index contributed by atoms with van der Waals surface area (Å²) in [5.41, 5.74) is 6.03. The third kappa shape index (κ3) is 5.60. The Labute approximate surface area is 147 Å². The first-order valence-corrected chi connectivity index (χ1v) is 8.59. The first-order chi connectivity index (χ1) is 11.7. The topological polar surface area (TPSA) is 62.9 Å². The number of benzene rings is 1. The van der Waals surface area contributed by atoms with Crippen LogP contribution in [-0.4, -0.2) is 36.9 Å². The average Bonchev–Trinajstić information content (AvgIpc) is 2.98. The number of nitrogens with two attached hydrogens (primary N) is 1. The lowest BCUT2D eigenvalue weighted by Gasteiger charge is -2.23. The number of ether oxygens (including phenoxy) is 4. The minimum Gasteiger partial charge on any atom is -0.492 e. The molecule has 0 radical (unpaired) electrons. The summed E-state index contributed by atoms with van der Waals surface area (Å²) in [5.74, 6) is -1.95. The van der Waals surface area contributed by atoms with Gasteiger partial charge < -0.3 is 24.7 Å². The van der Waals surface area contributed by atoms with Gasteiger partial charge in [0.1, 0.15) is 30.1 Å². The van der Waals surface area contributed by atoms with Crippen molar-refractivity contribution in [1.29, 1.82) is 0 Å². The molecule has 0 amide bonds. The van der Waals surface area contributed by atoms with E-state index in [-0.39, 0.29) is 24.6 Å². The Morgan fingerprint density at radius 1 is 1.20 bits per heavy atom. The molecule has 25 heavy (non-hydrogen) atoms. The predicted molar refractivity (Wildman–Crippen MR) is 89.1 cm³/mol. The summed E-state index contributed by atoms with van der Waals surface area (Å²) in [4.78, 5) is 0. The van der Waals surface area contributed by atoms with Gasteiger partial charge in [-0.05, 0) is 13.8 Å². The van der Waals surface area contributed by atoms with Crippen LogP contribution in [0.1, 0.15) is 40.5 Å². The molecule has 2 heterocycles. The molecule has 5 nitrogen and oxygen atoms in total. The van der Waals surface area contributed by atoms with Crippen LogP contribution in [0.4, 0.5) is 8.78 Å². The average molecular weight is 359 g/mol. The fourth-order valence-corrected chi connectivity index (χ4v) is 2.72. The van der Waals surface area contributed by atoms with E-state index in [1.165, 1.54) is 6.42 Å². The molecule has 1 aromatic rings. The van der Waals surface area contributed by atoms with Gasteiger partial charge in [0.05, 0.1) is 12.1 Å². The molecule has 0 aromatic heterocycles. The van der Waals surface area contributed by atoms with Crippen LogP contribution in [0.25, 0.3) is 0 Å². The highest BCUT2D eigenvalue weighted by Gasteiger charge is 2.49. The Bertz CT molecular complexity index is 534. The summed E-state index contributed by atoms with van der Waals surface area (Å²) in [7, 11) is 0. The molecule has 2 fully saturated rings. The van der Waals surface area contributed by atoms with Crippen molar-refractivity contribution in [3.8, 4) is 5.75 Å². The van der Waals surface area contributed by atoms with Gasteiger partial charge in [0, 0.05) is 24.6 Å². The van der Waals surface area contributed by atoms with Crippen LogP contribution >= 0.6 is 0 Å². The van der Waals surface area contributed by atoms with Crippen LogP contribution in [0.5, 0.6) is 5.75 Å². The normalized spacial score (nSPS) is 28.0. The third-order valence-electron chi connectivity index (χ3n) is 3.67. The van der Waals surface area contributed by atoms with Crippen molar-refractivity contribution in [1.82, 2.24) is 0 Å². The molecule has 7 heteroatoms. The molecule has 2 N–H and O–H groups in total. The fourth-order valence-electron chi connectivity index (χ4n) is 2.72. The van der Waals surface area contributed by atoms with E-state index in [4.69, 9.17) is 24.7 Å². The molecule has 0 aliphatic carbocycles. The van der Waals surface area contributed by atoms with Crippen molar-refractivity contribution in [2.24, 2.45) is 5.73 Å². The lowest BCUT2D eigenvalue weighted by Crippen LogP contribution is -2.41. The zero-order valence-electron chi connectivity index (χ0n) is 15.1. The van der Waals surface area contributed by atoms with Crippen LogP contribution in [-0.2, 0) is 14.2 Å². The number of hydrogen-bond acceptors (Lipinski definition) is 5. The Balaban J connectivity index is 0.000000701. The molecule has 0 bridgehead atoms. The largest absolute Gasteiger partial charge is 0.492 e. The van der Waals surface area contributed by atoms with E-state index in [1.807, 2.05) is 13.8 Å². The van der Waals surface area contributed by atoms with Crippen LogP contribution in [0.15, 0.2) is 18.2 Å². The second-order valence-corrected chi connectivity index (χ2v) is 6.74. The first kappa shape index (κ1) is 20.0. The molecule has 2 aliphatic heterocycles. The van der Waals surface area contributed by atoms with Gasteiger partial charge in [-0.25, -0.2) is 8.78 Å².